The normalized spacial score (nSPS) is 18.0. The van der Waals surface area contributed by atoms with Crippen LogP contribution in [-0.2, 0) is 6.42 Å². The lowest BCUT2D eigenvalue weighted by Crippen LogP contribution is -2.43. The Morgan fingerprint density at radius 3 is 2.58 bits per heavy atom. The maximum absolute atomic E-state index is 10.9. The van der Waals surface area contributed by atoms with Crippen molar-refractivity contribution < 1.29 is 9.66 Å². The molecule has 0 aromatic heterocycles. The molecule has 2 rings (SSSR count). The molecule has 0 heterocycles. The molecule has 0 radical (unpaired) electrons. The molecule has 1 aromatic carbocycles. The molecule has 0 aliphatic heterocycles. The SMILES string of the molecule is COc1cc(CC2(N)CCCCC2)cc([N+](=O)[O-])c1. The number of hydrogen-bond donors (Lipinski definition) is 1. The van der Waals surface area contributed by atoms with Crippen LogP contribution in [0, 0.1) is 10.1 Å². The fourth-order valence-electron chi connectivity index (χ4n) is 2.81. The van der Waals surface area contributed by atoms with Crippen molar-refractivity contribution in [3.8, 4) is 5.75 Å². The van der Waals surface area contributed by atoms with E-state index in [1.54, 1.807) is 6.07 Å². The highest BCUT2D eigenvalue weighted by Crippen LogP contribution is 2.31. The van der Waals surface area contributed by atoms with Crippen molar-refractivity contribution >= 4 is 5.69 Å². The largest absolute Gasteiger partial charge is 0.496 e. The van der Waals surface area contributed by atoms with Gasteiger partial charge in [0, 0.05) is 11.6 Å². The first-order valence-corrected chi connectivity index (χ1v) is 6.64. The molecule has 1 aromatic rings. The Balaban J connectivity index is 2.23. The zero-order valence-electron chi connectivity index (χ0n) is 11.2. The minimum Gasteiger partial charge on any atom is -0.496 e. The summed E-state index contributed by atoms with van der Waals surface area (Å²) in [5.41, 5.74) is 7.12. The van der Waals surface area contributed by atoms with Crippen LogP contribution in [0.1, 0.15) is 37.7 Å². The summed E-state index contributed by atoms with van der Waals surface area (Å²) in [6, 6.07) is 4.88. The number of nitro groups is 1. The zero-order chi connectivity index (χ0) is 13.9. The summed E-state index contributed by atoms with van der Waals surface area (Å²) in [5, 5.41) is 10.9. The third-order valence-electron chi connectivity index (χ3n) is 3.80. The Morgan fingerprint density at radius 1 is 1.32 bits per heavy atom. The maximum atomic E-state index is 10.9. The fourth-order valence-corrected chi connectivity index (χ4v) is 2.81. The van der Waals surface area contributed by atoms with E-state index >= 15 is 0 Å². The Kier molecular flexibility index (Phi) is 4.04. The van der Waals surface area contributed by atoms with Crippen LogP contribution in [0.3, 0.4) is 0 Å². The van der Waals surface area contributed by atoms with Crippen LogP contribution in [0.15, 0.2) is 18.2 Å². The summed E-state index contributed by atoms with van der Waals surface area (Å²) in [7, 11) is 1.52. The average molecular weight is 264 g/mol. The lowest BCUT2D eigenvalue weighted by Gasteiger charge is -2.33. The van der Waals surface area contributed by atoms with Gasteiger partial charge in [0.25, 0.3) is 5.69 Å². The number of rotatable bonds is 4. The number of nitrogens with zero attached hydrogens (tertiary/aromatic N) is 1. The van der Waals surface area contributed by atoms with Gasteiger partial charge in [-0.1, -0.05) is 19.3 Å². The predicted octanol–water partition coefficient (Wildman–Crippen LogP) is 2.81. The lowest BCUT2D eigenvalue weighted by atomic mass is 9.78. The van der Waals surface area contributed by atoms with E-state index in [9.17, 15) is 10.1 Å². The molecule has 1 aliphatic carbocycles. The predicted molar refractivity (Wildman–Crippen MR) is 73.4 cm³/mol. The molecule has 1 fully saturated rings. The highest BCUT2D eigenvalue weighted by atomic mass is 16.6. The van der Waals surface area contributed by atoms with Crippen LogP contribution in [0.25, 0.3) is 0 Å². The van der Waals surface area contributed by atoms with Gasteiger partial charge < -0.3 is 10.5 Å². The van der Waals surface area contributed by atoms with Crippen molar-refractivity contribution in [3.63, 3.8) is 0 Å². The molecule has 2 N–H and O–H groups in total. The van der Waals surface area contributed by atoms with E-state index < -0.39 is 4.92 Å². The second-order valence-corrected chi connectivity index (χ2v) is 5.40. The summed E-state index contributed by atoms with van der Waals surface area (Å²) in [5.74, 6) is 0.517. The Bertz CT molecular complexity index is 468. The number of methoxy groups -OCH3 is 1. The molecule has 0 unspecified atom stereocenters. The first kappa shape index (κ1) is 13.8. The molecule has 5 heteroatoms. The Hall–Kier alpha value is -1.62. The Labute approximate surface area is 112 Å². The molecular weight excluding hydrogens is 244 g/mol. The summed E-state index contributed by atoms with van der Waals surface area (Å²) in [6.45, 7) is 0. The van der Waals surface area contributed by atoms with Crippen LogP contribution in [0.4, 0.5) is 5.69 Å². The van der Waals surface area contributed by atoms with Crippen LogP contribution in [0.2, 0.25) is 0 Å². The number of nitrogens with two attached hydrogens (primary N) is 1. The van der Waals surface area contributed by atoms with Crippen molar-refractivity contribution in [2.24, 2.45) is 5.73 Å². The molecule has 1 saturated carbocycles. The van der Waals surface area contributed by atoms with Crippen LogP contribution >= 0.6 is 0 Å². The van der Waals surface area contributed by atoms with E-state index in [1.807, 2.05) is 6.07 Å². The summed E-state index contributed by atoms with van der Waals surface area (Å²) >= 11 is 0. The first-order chi connectivity index (χ1) is 9.02. The quantitative estimate of drug-likeness (QED) is 0.670. The minimum atomic E-state index is -0.393. The molecule has 1 aliphatic rings. The number of nitro benzene ring substituents is 1. The second kappa shape index (κ2) is 5.57. The minimum absolute atomic E-state index is 0.0637. The van der Waals surface area contributed by atoms with Gasteiger partial charge in [0.05, 0.1) is 18.1 Å². The average Bonchev–Trinajstić information content (AvgIpc) is 2.38. The number of ether oxygens (including phenoxy) is 1. The lowest BCUT2D eigenvalue weighted by molar-refractivity contribution is -0.385. The number of hydrogen-bond acceptors (Lipinski definition) is 4. The van der Waals surface area contributed by atoms with E-state index in [2.05, 4.69) is 0 Å². The summed E-state index contributed by atoms with van der Waals surface area (Å²) < 4.78 is 5.12. The molecule has 5 nitrogen and oxygen atoms in total. The van der Waals surface area contributed by atoms with Gasteiger partial charge in [0.1, 0.15) is 5.75 Å². The van der Waals surface area contributed by atoms with Crippen molar-refractivity contribution in [2.45, 2.75) is 44.1 Å². The van der Waals surface area contributed by atoms with Gasteiger partial charge in [-0.3, -0.25) is 10.1 Å². The molecule has 0 saturated heterocycles. The molecular formula is C14H20N2O3. The molecule has 0 amide bonds. The monoisotopic (exact) mass is 264 g/mol. The standard InChI is InChI=1S/C14H20N2O3/c1-19-13-8-11(7-12(9-13)16(17)18)10-14(15)5-3-2-4-6-14/h7-9H,2-6,10,15H2,1H3. The highest BCUT2D eigenvalue weighted by molar-refractivity contribution is 5.43. The van der Waals surface area contributed by atoms with E-state index in [0.717, 1.165) is 31.2 Å². The van der Waals surface area contributed by atoms with Gasteiger partial charge in [-0.2, -0.15) is 0 Å². The topological polar surface area (TPSA) is 78.4 Å². The van der Waals surface area contributed by atoms with Crippen molar-refractivity contribution in [3.05, 3.63) is 33.9 Å². The van der Waals surface area contributed by atoms with Crippen molar-refractivity contribution in [2.75, 3.05) is 7.11 Å². The molecule has 19 heavy (non-hydrogen) atoms. The third kappa shape index (κ3) is 3.44. The van der Waals surface area contributed by atoms with E-state index in [4.69, 9.17) is 10.5 Å². The van der Waals surface area contributed by atoms with Gasteiger partial charge in [-0.25, -0.2) is 0 Å². The maximum Gasteiger partial charge on any atom is 0.273 e. The van der Waals surface area contributed by atoms with E-state index in [1.165, 1.54) is 19.6 Å². The molecule has 0 atom stereocenters. The van der Waals surface area contributed by atoms with Gasteiger partial charge in [0.2, 0.25) is 0 Å². The number of non-ortho nitro benzene ring substituents is 1. The fraction of sp³-hybridized carbons (Fsp3) is 0.571. The van der Waals surface area contributed by atoms with E-state index in [-0.39, 0.29) is 11.2 Å². The van der Waals surface area contributed by atoms with Gasteiger partial charge in [-0.15, -0.1) is 0 Å². The van der Waals surface area contributed by atoms with Gasteiger partial charge >= 0.3 is 0 Å². The molecule has 0 spiro atoms. The molecule has 104 valence electrons. The second-order valence-electron chi connectivity index (χ2n) is 5.40. The molecule has 0 bridgehead atoms. The van der Waals surface area contributed by atoms with Crippen molar-refractivity contribution in [1.29, 1.82) is 0 Å². The Morgan fingerprint density at radius 2 is 2.00 bits per heavy atom. The van der Waals surface area contributed by atoms with Crippen molar-refractivity contribution in [1.82, 2.24) is 0 Å². The van der Waals surface area contributed by atoms with Crippen LogP contribution in [-0.4, -0.2) is 17.6 Å². The van der Waals surface area contributed by atoms with Crippen LogP contribution in [0.5, 0.6) is 5.75 Å². The summed E-state index contributed by atoms with van der Waals surface area (Å²) in [4.78, 5) is 10.5. The van der Waals surface area contributed by atoms with Crippen LogP contribution < -0.4 is 10.5 Å². The zero-order valence-corrected chi connectivity index (χ0v) is 11.2. The smallest absolute Gasteiger partial charge is 0.273 e. The van der Waals surface area contributed by atoms with E-state index in [0.29, 0.717) is 12.2 Å². The third-order valence-corrected chi connectivity index (χ3v) is 3.80. The first-order valence-electron chi connectivity index (χ1n) is 6.64. The highest BCUT2D eigenvalue weighted by Gasteiger charge is 2.28. The summed E-state index contributed by atoms with van der Waals surface area (Å²) in [6.07, 6.45) is 6.16. The van der Waals surface area contributed by atoms with Gasteiger partial charge in [-0.05, 0) is 30.9 Å². The van der Waals surface area contributed by atoms with Gasteiger partial charge in [0.15, 0.2) is 0 Å². The number of benzene rings is 1.